The van der Waals surface area contributed by atoms with Crippen LogP contribution in [0, 0.1) is 0 Å². The molecule has 0 spiro atoms. The Morgan fingerprint density at radius 1 is 1.21 bits per heavy atom. The average molecular weight is 279 g/mol. The predicted octanol–water partition coefficient (Wildman–Crippen LogP) is 0.909. The largest absolute Gasteiger partial charge is 0.214 e. The van der Waals surface area contributed by atoms with Gasteiger partial charge in [0.25, 0.3) is 0 Å². The van der Waals surface area contributed by atoms with Gasteiger partial charge in [-0.2, -0.15) is 0 Å². The summed E-state index contributed by atoms with van der Waals surface area (Å²) in [4.78, 5) is 0. The molecule has 19 heavy (non-hydrogen) atoms. The second-order valence-electron chi connectivity index (χ2n) is 5.77. The molecule has 5 heteroatoms. The summed E-state index contributed by atoms with van der Waals surface area (Å²) >= 11 is 0. The first-order chi connectivity index (χ1) is 8.90. The molecule has 0 aromatic heterocycles. The van der Waals surface area contributed by atoms with Crippen molar-refractivity contribution in [2.24, 2.45) is 0 Å². The van der Waals surface area contributed by atoms with Gasteiger partial charge in [-0.3, -0.25) is 0 Å². The van der Waals surface area contributed by atoms with Crippen molar-refractivity contribution in [1.29, 1.82) is 0 Å². The third-order valence-electron chi connectivity index (χ3n) is 3.96. The maximum Gasteiger partial charge on any atom is 0.214 e. The maximum atomic E-state index is 12.0. The van der Waals surface area contributed by atoms with E-state index >= 15 is 0 Å². The van der Waals surface area contributed by atoms with Gasteiger partial charge in [0.1, 0.15) is 7.85 Å². The fraction of sp³-hybridized carbons (Fsp3) is 0.571. The number of benzene rings is 1. The number of sulfonamides is 1. The summed E-state index contributed by atoms with van der Waals surface area (Å²) in [7, 11) is -1.11. The van der Waals surface area contributed by atoms with E-state index in [1.165, 1.54) is 11.0 Å². The zero-order chi connectivity index (χ0) is 14.0. The molecule has 2 rings (SSSR count). The Balaban J connectivity index is 2.15. The molecule has 0 saturated heterocycles. The van der Waals surface area contributed by atoms with E-state index in [-0.39, 0.29) is 11.3 Å². The normalized spacial score (nSPS) is 23.9. The summed E-state index contributed by atoms with van der Waals surface area (Å²) in [5, 5.41) is -0.369. The first-order valence-electron chi connectivity index (χ1n) is 6.98. The standard InChI is InChI=1S/C14H22BNO2S/c1-10(2)19(17,18)16-14-5-3-4-13(14)11-6-8-12(15)9-7-11/h6-10,13-14,16H,3-5,15H2,1-2H3/t13-,14+/m1/s1. The van der Waals surface area contributed by atoms with Gasteiger partial charge < -0.3 is 0 Å². The number of rotatable bonds is 4. The Morgan fingerprint density at radius 3 is 2.42 bits per heavy atom. The highest BCUT2D eigenvalue weighted by Crippen LogP contribution is 2.34. The first-order valence-corrected chi connectivity index (χ1v) is 8.52. The lowest BCUT2D eigenvalue weighted by Gasteiger charge is -2.22. The van der Waals surface area contributed by atoms with E-state index in [4.69, 9.17) is 0 Å². The van der Waals surface area contributed by atoms with Crippen LogP contribution in [-0.2, 0) is 10.0 Å². The highest BCUT2D eigenvalue weighted by Gasteiger charge is 2.32. The number of nitrogens with one attached hydrogen (secondary N) is 1. The highest BCUT2D eigenvalue weighted by atomic mass is 32.2. The van der Waals surface area contributed by atoms with Crippen LogP contribution in [0.3, 0.4) is 0 Å². The van der Waals surface area contributed by atoms with Crippen LogP contribution >= 0.6 is 0 Å². The van der Waals surface area contributed by atoms with Crippen LogP contribution < -0.4 is 10.2 Å². The van der Waals surface area contributed by atoms with Crippen molar-refractivity contribution in [1.82, 2.24) is 4.72 Å². The van der Waals surface area contributed by atoms with Crippen LogP contribution in [0.1, 0.15) is 44.6 Å². The van der Waals surface area contributed by atoms with E-state index in [1.54, 1.807) is 13.8 Å². The minimum Gasteiger partial charge on any atom is -0.212 e. The summed E-state index contributed by atoms with van der Waals surface area (Å²) in [5.74, 6) is 0.314. The smallest absolute Gasteiger partial charge is 0.212 e. The van der Waals surface area contributed by atoms with Crippen molar-refractivity contribution in [3.8, 4) is 0 Å². The first kappa shape index (κ1) is 14.6. The SMILES string of the molecule is Bc1ccc([C@H]2CCC[C@@H]2NS(=O)(=O)C(C)C)cc1. The maximum absolute atomic E-state index is 12.0. The molecule has 1 aliphatic rings. The van der Waals surface area contributed by atoms with Crippen LogP contribution in [0.4, 0.5) is 0 Å². The molecule has 1 aliphatic carbocycles. The Kier molecular flexibility index (Phi) is 4.36. The van der Waals surface area contributed by atoms with Gasteiger partial charge >= 0.3 is 0 Å². The fourth-order valence-corrected chi connectivity index (χ4v) is 3.64. The predicted molar refractivity (Wildman–Crippen MR) is 82.2 cm³/mol. The molecular weight excluding hydrogens is 257 g/mol. The molecule has 3 nitrogen and oxygen atoms in total. The zero-order valence-corrected chi connectivity index (χ0v) is 12.7. The van der Waals surface area contributed by atoms with Crippen LogP contribution in [0.2, 0.25) is 0 Å². The Labute approximate surface area is 117 Å². The number of hydrogen-bond donors (Lipinski definition) is 1. The minimum absolute atomic E-state index is 0.0510. The van der Waals surface area contributed by atoms with E-state index in [2.05, 4.69) is 36.8 Å². The van der Waals surface area contributed by atoms with Gasteiger partial charge in [-0.25, -0.2) is 13.1 Å². The van der Waals surface area contributed by atoms with E-state index in [0.29, 0.717) is 5.92 Å². The Bertz CT molecular complexity index is 525. The van der Waals surface area contributed by atoms with E-state index in [0.717, 1.165) is 19.3 Å². The van der Waals surface area contributed by atoms with Gasteiger partial charge in [0, 0.05) is 12.0 Å². The van der Waals surface area contributed by atoms with Gasteiger partial charge in [0.2, 0.25) is 10.0 Å². The van der Waals surface area contributed by atoms with Gasteiger partial charge in [-0.15, -0.1) is 0 Å². The van der Waals surface area contributed by atoms with Crippen molar-refractivity contribution in [2.75, 3.05) is 0 Å². The molecule has 0 aliphatic heterocycles. The van der Waals surface area contributed by atoms with E-state index in [9.17, 15) is 8.42 Å². The minimum atomic E-state index is -3.18. The van der Waals surface area contributed by atoms with Crippen LogP contribution in [-0.4, -0.2) is 27.6 Å². The summed E-state index contributed by atoms with van der Waals surface area (Å²) in [5.41, 5.74) is 2.49. The molecule has 0 bridgehead atoms. The van der Waals surface area contributed by atoms with Crippen molar-refractivity contribution >= 4 is 23.3 Å². The van der Waals surface area contributed by atoms with Crippen molar-refractivity contribution in [3.05, 3.63) is 29.8 Å². The molecule has 1 aromatic rings. The summed E-state index contributed by atoms with van der Waals surface area (Å²) in [6, 6.07) is 8.50. The molecule has 0 unspecified atom stereocenters. The molecule has 2 atom stereocenters. The third-order valence-corrected chi connectivity index (χ3v) is 5.83. The van der Waals surface area contributed by atoms with Gasteiger partial charge in [0.15, 0.2) is 0 Å². The quantitative estimate of drug-likeness (QED) is 0.833. The molecule has 0 amide bonds. The van der Waals surface area contributed by atoms with Crippen LogP contribution in [0.25, 0.3) is 0 Å². The summed E-state index contributed by atoms with van der Waals surface area (Å²) in [6.45, 7) is 3.44. The molecule has 0 radical (unpaired) electrons. The topological polar surface area (TPSA) is 46.2 Å². The van der Waals surface area contributed by atoms with Crippen molar-refractivity contribution in [3.63, 3.8) is 0 Å². The highest BCUT2D eigenvalue weighted by molar-refractivity contribution is 7.90. The van der Waals surface area contributed by atoms with Gasteiger partial charge in [-0.1, -0.05) is 36.1 Å². The number of hydrogen-bond acceptors (Lipinski definition) is 2. The second-order valence-corrected chi connectivity index (χ2v) is 8.03. The summed E-state index contributed by atoms with van der Waals surface area (Å²) in [6.07, 6.45) is 3.09. The van der Waals surface area contributed by atoms with Crippen molar-refractivity contribution < 1.29 is 8.42 Å². The third kappa shape index (κ3) is 3.40. The monoisotopic (exact) mass is 279 g/mol. The lowest BCUT2D eigenvalue weighted by molar-refractivity contribution is 0.519. The Hall–Kier alpha value is -0.805. The molecular formula is C14H22BNO2S. The van der Waals surface area contributed by atoms with E-state index < -0.39 is 10.0 Å². The average Bonchev–Trinajstić information content (AvgIpc) is 2.77. The lowest BCUT2D eigenvalue weighted by atomic mass is 9.89. The fourth-order valence-electron chi connectivity index (χ4n) is 2.66. The molecule has 1 fully saturated rings. The van der Waals surface area contributed by atoms with Gasteiger partial charge in [0.05, 0.1) is 5.25 Å². The molecule has 1 N–H and O–H groups in total. The van der Waals surface area contributed by atoms with Gasteiger partial charge in [-0.05, 0) is 32.3 Å². The van der Waals surface area contributed by atoms with Crippen LogP contribution in [0.15, 0.2) is 24.3 Å². The van der Waals surface area contributed by atoms with Crippen LogP contribution in [0.5, 0.6) is 0 Å². The molecule has 0 heterocycles. The molecule has 1 saturated carbocycles. The second kappa shape index (κ2) is 5.67. The molecule has 104 valence electrons. The van der Waals surface area contributed by atoms with E-state index in [1.807, 2.05) is 0 Å². The van der Waals surface area contributed by atoms with Crippen molar-refractivity contribution in [2.45, 2.75) is 50.3 Å². The lowest BCUT2D eigenvalue weighted by Crippen LogP contribution is -2.40. The molecule has 1 aromatic carbocycles. The Morgan fingerprint density at radius 2 is 1.84 bits per heavy atom. The summed E-state index contributed by atoms with van der Waals surface area (Å²) < 4.78 is 26.9. The zero-order valence-electron chi connectivity index (χ0n) is 11.9.